The highest BCUT2D eigenvalue weighted by atomic mass is 19.4. The lowest BCUT2D eigenvalue weighted by molar-refractivity contribution is -0.141. The predicted octanol–water partition coefficient (Wildman–Crippen LogP) is 4.39. The van der Waals surface area contributed by atoms with E-state index in [0.29, 0.717) is 62.1 Å². The average molecular weight is 560 g/mol. The number of Topliss-reactive ketones (excluding diaryl/α,β-unsaturated/α-hetero) is 1. The summed E-state index contributed by atoms with van der Waals surface area (Å²) < 4.78 is 60.2. The van der Waals surface area contributed by atoms with Crippen molar-refractivity contribution in [3.63, 3.8) is 0 Å². The van der Waals surface area contributed by atoms with Crippen molar-refractivity contribution in [2.45, 2.75) is 32.4 Å². The summed E-state index contributed by atoms with van der Waals surface area (Å²) in [7, 11) is 0. The van der Waals surface area contributed by atoms with Crippen LogP contribution in [0.2, 0.25) is 0 Å². The second-order valence-corrected chi connectivity index (χ2v) is 10.3. The van der Waals surface area contributed by atoms with Gasteiger partial charge in [-0.15, -0.1) is 0 Å². The third-order valence-electron chi connectivity index (χ3n) is 7.26. The average Bonchev–Trinajstić information content (AvgIpc) is 3.57. The van der Waals surface area contributed by atoms with Crippen molar-refractivity contribution in [3.8, 4) is 0 Å². The van der Waals surface area contributed by atoms with Crippen LogP contribution < -0.4 is 9.80 Å². The predicted molar refractivity (Wildman–Crippen MR) is 139 cm³/mol. The van der Waals surface area contributed by atoms with E-state index in [1.165, 1.54) is 12.3 Å². The van der Waals surface area contributed by atoms with Gasteiger partial charge in [-0.25, -0.2) is 9.37 Å². The number of rotatable bonds is 7. The van der Waals surface area contributed by atoms with Crippen LogP contribution in [-0.4, -0.2) is 65.8 Å². The van der Waals surface area contributed by atoms with E-state index in [4.69, 9.17) is 4.42 Å². The molecule has 1 amide bonds. The highest BCUT2D eigenvalue weighted by molar-refractivity contribution is 5.96. The van der Waals surface area contributed by atoms with Crippen LogP contribution in [0.1, 0.15) is 40.7 Å². The summed E-state index contributed by atoms with van der Waals surface area (Å²) in [6, 6.07) is 9.36. The first kappa shape index (κ1) is 27.6. The summed E-state index contributed by atoms with van der Waals surface area (Å²) in [5.41, 5.74) is -0.511. The highest BCUT2D eigenvalue weighted by Gasteiger charge is 2.42. The summed E-state index contributed by atoms with van der Waals surface area (Å²) in [4.78, 5) is 38.8. The van der Waals surface area contributed by atoms with Crippen molar-refractivity contribution < 1.29 is 31.6 Å². The number of hydrogen-bond acceptors (Lipinski definition) is 7. The number of halogens is 4. The zero-order valence-electron chi connectivity index (χ0n) is 22.0. The third-order valence-corrected chi connectivity index (χ3v) is 7.26. The zero-order chi connectivity index (χ0) is 28.4. The maximum Gasteiger partial charge on any atom is 0.437 e. The maximum absolute atomic E-state index is 13.9. The first-order chi connectivity index (χ1) is 19.1. The molecule has 2 aliphatic heterocycles. The van der Waals surface area contributed by atoms with Crippen LogP contribution in [0, 0.1) is 11.7 Å². The second-order valence-electron chi connectivity index (χ2n) is 10.3. The minimum atomic E-state index is -4.82. The number of alkyl halides is 3. The number of carbonyl (C=O) groups is 2. The minimum Gasteiger partial charge on any atom is -0.420 e. The zero-order valence-corrected chi connectivity index (χ0v) is 22.0. The van der Waals surface area contributed by atoms with Crippen LogP contribution in [0.25, 0.3) is 0 Å². The molecule has 0 saturated carbocycles. The molecule has 0 aliphatic carbocycles. The molecule has 40 heavy (non-hydrogen) atoms. The second kappa shape index (κ2) is 11.3. The van der Waals surface area contributed by atoms with Crippen LogP contribution in [0.5, 0.6) is 0 Å². The molecular formula is C28H29F4N5O3. The van der Waals surface area contributed by atoms with Crippen LogP contribution in [0.15, 0.2) is 47.0 Å². The van der Waals surface area contributed by atoms with Gasteiger partial charge < -0.3 is 19.1 Å². The monoisotopic (exact) mass is 559 g/mol. The van der Waals surface area contributed by atoms with Crippen molar-refractivity contribution in [2.24, 2.45) is 5.92 Å². The SMILES string of the molecule is CC1CCN(c2nc(C(F)(F)F)c(C(=O)Cc3ccc(N4CCN(C(=O)Cc5ccccc5F)CC4)nc3)o2)C1. The van der Waals surface area contributed by atoms with E-state index >= 15 is 0 Å². The first-order valence-corrected chi connectivity index (χ1v) is 13.2. The Bertz CT molecular complexity index is 1370. The first-order valence-electron chi connectivity index (χ1n) is 13.2. The molecular weight excluding hydrogens is 530 g/mol. The number of piperazine rings is 1. The normalized spacial score (nSPS) is 17.9. The van der Waals surface area contributed by atoms with E-state index in [2.05, 4.69) is 9.97 Å². The fraction of sp³-hybridized carbons (Fsp3) is 0.429. The fourth-order valence-electron chi connectivity index (χ4n) is 5.01. The van der Waals surface area contributed by atoms with E-state index in [1.54, 1.807) is 40.1 Å². The largest absolute Gasteiger partial charge is 0.437 e. The number of anilines is 2. The minimum absolute atomic E-state index is 0.00641. The maximum atomic E-state index is 13.9. The van der Waals surface area contributed by atoms with Gasteiger partial charge in [-0.2, -0.15) is 18.2 Å². The molecule has 212 valence electrons. The Morgan fingerprint density at radius 2 is 1.75 bits per heavy atom. The topological polar surface area (TPSA) is 82.8 Å². The molecule has 2 fully saturated rings. The van der Waals surface area contributed by atoms with E-state index in [1.807, 2.05) is 11.8 Å². The van der Waals surface area contributed by atoms with Gasteiger partial charge in [-0.1, -0.05) is 31.2 Å². The molecule has 0 N–H and O–H groups in total. The van der Waals surface area contributed by atoms with Crippen molar-refractivity contribution in [1.29, 1.82) is 0 Å². The molecule has 8 nitrogen and oxygen atoms in total. The number of benzene rings is 1. The molecule has 0 bridgehead atoms. The number of carbonyl (C=O) groups excluding carboxylic acids is 2. The summed E-state index contributed by atoms with van der Waals surface area (Å²) in [6.45, 7) is 4.94. The number of amides is 1. The van der Waals surface area contributed by atoms with Gasteiger partial charge in [0.25, 0.3) is 6.01 Å². The number of oxazole rings is 1. The molecule has 1 unspecified atom stereocenters. The number of pyridine rings is 1. The Kier molecular flexibility index (Phi) is 7.77. The highest BCUT2D eigenvalue weighted by Crippen LogP contribution is 2.36. The number of aromatic nitrogens is 2. The van der Waals surface area contributed by atoms with Crippen LogP contribution in [0.4, 0.5) is 29.4 Å². The lowest BCUT2D eigenvalue weighted by Crippen LogP contribution is -2.49. The van der Waals surface area contributed by atoms with Gasteiger partial charge in [-0.3, -0.25) is 9.59 Å². The Morgan fingerprint density at radius 3 is 2.38 bits per heavy atom. The van der Waals surface area contributed by atoms with Gasteiger partial charge in [0.05, 0.1) is 6.42 Å². The molecule has 2 saturated heterocycles. The van der Waals surface area contributed by atoms with E-state index in [-0.39, 0.29) is 24.8 Å². The van der Waals surface area contributed by atoms with Gasteiger partial charge in [0, 0.05) is 51.9 Å². The lowest BCUT2D eigenvalue weighted by atomic mass is 10.1. The van der Waals surface area contributed by atoms with Gasteiger partial charge >= 0.3 is 6.18 Å². The molecule has 5 rings (SSSR count). The Balaban J connectivity index is 1.19. The number of nitrogens with zero attached hydrogens (tertiary/aromatic N) is 5. The van der Waals surface area contributed by atoms with Gasteiger partial charge in [0.2, 0.25) is 17.5 Å². The molecule has 1 atom stereocenters. The smallest absolute Gasteiger partial charge is 0.420 e. The molecule has 2 aromatic heterocycles. The summed E-state index contributed by atoms with van der Waals surface area (Å²) in [5.74, 6) is -1.25. The number of ketones is 1. The van der Waals surface area contributed by atoms with Crippen molar-refractivity contribution in [2.75, 3.05) is 49.1 Å². The van der Waals surface area contributed by atoms with E-state index < -0.39 is 29.2 Å². The third kappa shape index (κ3) is 6.10. The van der Waals surface area contributed by atoms with Crippen LogP contribution in [-0.2, 0) is 23.8 Å². The molecule has 12 heteroatoms. The quantitative estimate of drug-likeness (QED) is 0.314. The van der Waals surface area contributed by atoms with Crippen molar-refractivity contribution in [3.05, 3.63) is 71.0 Å². The fourth-order valence-corrected chi connectivity index (χ4v) is 5.01. The summed E-state index contributed by atoms with van der Waals surface area (Å²) in [6.07, 6.45) is -2.88. The van der Waals surface area contributed by atoms with Gasteiger partial charge in [-0.05, 0) is 35.6 Å². The lowest BCUT2D eigenvalue weighted by Gasteiger charge is -2.35. The Hall–Kier alpha value is -3.96. The molecule has 1 aromatic carbocycles. The van der Waals surface area contributed by atoms with E-state index in [0.717, 1.165) is 6.42 Å². The number of hydrogen-bond donors (Lipinski definition) is 0. The summed E-state index contributed by atoms with van der Waals surface area (Å²) >= 11 is 0. The molecule has 0 radical (unpaired) electrons. The molecule has 4 heterocycles. The van der Waals surface area contributed by atoms with Crippen molar-refractivity contribution >= 4 is 23.5 Å². The van der Waals surface area contributed by atoms with Crippen molar-refractivity contribution in [1.82, 2.24) is 14.9 Å². The van der Waals surface area contributed by atoms with Gasteiger partial charge in [0.1, 0.15) is 11.6 Å². The van der Waals surface area contributed by atoms with Gasteiger partial charge in [0.15, 0.2) is 5.69 Å². The molecule has 3 aromatic rings. The molecule has 0 spiro atoms. The molecule has 2 aliphatic rings. The van der Waals surface area contributed by atoms with Crippen LogP contribution in [0.3, 0.4) is 0 Å². The van der Waals surface area contributed by atoms with Crippen LogP contribution >= 0.6 is 0 Å². The Labute approximate surface area is 228 Å². The standard InChI is InChI=1S/C28H29F4N5O3/c1-18-8-9-37(17-18)27-34-26(28(30,31)32)25(40-27)22(38)14-19-6-7-23(33-16-19)35-10-12-36(13-11-35)24(39)15-20-4-2-3-5-21(20)29/h2-7,16,18H,8-15,17H2,1H3. The van der Waals surface area contributed by atoms with E-state index in [9.17, 15) is 27.2 Å². The Morgan fingerprint density at radius 1 is 1.00 bits per heavy atom. The summed E-state index contributed by atoms with van der Waals surface area (Å²) in [5, 5.41) is 0.